The predicted molar refractivity (Wildman–Crippen MR) is 121 cm³/mol. The van der Waals surface area contributed by atoms with Crippen molar-refractivity contribution in [3.63, 3.8) is 0 Å². The summed E-state index contributed by atoms with van der Waals surface area (Å²) in [6.45, 7) is 0.294. The Hall–Kier alpha value is -2.86. The highest BCUT2D eigenvalue weighted by Crippen LogP contribution is 2.28. The fraction of sp³-hybridized carbons (Fsp3) is 0.375. The monoisotopic (exact) mass is 439 g/mol. The third kappa shape index (κ3) is 5.07. The Labute approximate surface area is 187 Å². The molecule has 2 aromatic rings. The van der Waals surface area contributed by atoms with Crippen LogP contribution in [-0.2, 0) is 9.59 Å². The SMILES string of the molecule is O=C(NC1CCCCC1)c1ccccc1NC(=O)[C@H]1CC(=O)N(c2ccc(Cl)cc2)C1. The molecule has 3 amide bonds. The van der Waals surface area contributed by atoms with Gasteiger partial charge in [-0.05, 0) is 49.2 Å². The molecule has 0 aromatic heterocycles. The van der Waals surface area contributed by atoms with Crippen LogP contribution in [-0.4, -0.2) is 30.3 Å². The standard InChI is InChI=1S/C24H26ClN3O3/c25-17-10-12-19(13-11-17)28-15-16(14-22(28)29)23(30)27-21-9-5-4-8-20(21)24(31)26-18-6-2-1-3-7-18/h4-5,8-13,16,18H,1-3,6-7,14-15H2,(H,26,31)(H,27,30)/t16-/m0/s1. The molecule has 0 radical (unpaired) electrons. The summed E-state index contributed by atoms with van der Waals surface area (Å²) in [7, 11) is 0. The average molecular weight is 440 g/mol. The molecule has 1 saturated carbocycles. The molecular weight excluding hydrogens is 414 g/mol. The van der Waals surface area contributed by atoms with Crippen LogP contribution in [0.4, 0.5) is 11.4 Å². The molecule has 1 saturated heterocycles. The van der Waals surface area contributed by atoms with E-state index in [4.69, 9.17) is 11.6 Å². The van der Waals surface area contributed by atoms with Crippen LogP contribution in [0.3, 0.4) is 0 Å². The van der Waals surface area contributed by atoms with Gasteiger partial charge in [-0.15, -0.1) is 0 Å². The van der Waals surface area contributed by atoms with E-state index in [0.717, 1.165) is 31.4 Å². The van der Waals surface area contributed by atoms with Gasteiger partial charge in [0, 0.05) is 29.7 Å². The van der Waals surface area contributed by atoms with Gasteiger partial charge in [0.05, 0.1) is 17.2 Å². The van der Waals surface area contributed by atoms with Crippen molar-refractivity contribution in [2.24, 2.45) is 5.92 Å². The minimum absolute atomic E-state index is 0.106. The molecule has 162 valence electrons. The van der Waals surface area contributed by atoms with Crippen molar-refractivity contribution in [1.29, 1.82) is 0 Å². The molecule has 1 aliphatic heterocycles. The first-order chi connectivity index (χ1) is 15.0. The van der Waals surface area contributed by atoms with Gasteiger partial charge in [-0.3, -0.25) is 14.4 Å². The number of anilines is 2. The van der Waals surface area contributed by atoms with E-state index < -0.39 is 5.92 Å². The van der Waals surface area contributed by atoms with Crippen LogP contribution >= 0.6 is 11.6 Å². The second-order valence-electron chi connectivity index (χ2n) is 8.23. The lowest BCUT2D eigenvalue weighted by atomic mass is 9.95. The Morgan fingerprint density at radius 1 is 0.968 bits per heavy atom. The van der Waals surface area contributed by atoms with E-state index in [-0.39, 0.29) is 30.2 Å². The number of nitrogens with one attached hydrogen (secondary N) is 2. The van der Waals surface area contributed by atoms with Crippen molar-refractivity contribution in [3.8, 4) is 0 Å². The van der Waals surface area contributed by atoms with Crippen LogP contribution in [0.1, 0.15) is 48.9 Å². The van der Waals surface area contributed by atoms with Gasteiger partial charge in [0.25, 0.3) is 5.91 Å². The van der Waals surface area contributed by atoms with Gasteiger partial charge < -0.3 is 15.5 Å². The summed E-state index contributed by atoms with van der Waals surface area (Å²) >= 11 is 5.93. The minimum Gasteiger partial charge on any atom is -0.349 e. The lowest BCUT2D eigenvalue weighted by Crippen LogP contribution is -2.36. The number of halogens is 1. The van der Waals surface area contributed by atoms with Crippen molar-refractivity contribution >= 4 is 40.7 Å². The van der Waals surface area contributed by atoms with E-state index in [2.05, 4.69) is 10.6 Å². The van der Waals surface area contributed by atoms with E-state index in [1.54, 1.807) is 53.4 Å². The molecule has 0 bridgehead atoms. The molecule has 0 spiro atoms. The van der Waals surface area contributed by atoms with Crippen LogP contribution in [0, 0.1) is 5.92 Å². The Bertz CT molecular complexity index is 970. The second-order valence-corrected chi connectivity index (χ2v) is 8.66. The quantitative estimate of drug-likeness (QED) is 0.725. The highest BCUT2D eigenvalue weighted by Gasteiger charge is 2.35. The van der Waals surface area contributed by atoms with E-state index >= 15 is 0 Å². The first-order valence-electron chi connectivity index (χ1n) is 10.8. The summed E-state index contributed by atoms with van der Waals surface area (Å²) in [5.74, 6) is -1.03. The van der Waals surface area contributed by atoms with E-state index in [1.807, 2.05) is 0 Å². The Kier molecular flexibility index (Phi) is 6.56. The van der Waals surface area contributed by atoms with Crippen molar-refractivity contribution in [2.45, 2.75) is 44.6 Å². The fourth-order valence-electron chi connectivity index (χ4n) is 4.29. The molecule has 6 nitrogen and oxygen atoms in total. The molecular formula is C24H26ClN3O3. The number of hydrogen-bond donors (Lipinski definition) is 2. The number of amides is 3. The Balaban J connectivity index is 1.42. The molecule has 4 rings (SSSR count). The van der Waals surface area contributed by atoms with Gasteiger partial charge in [-0.25, -0.2) is 0 Å². The summed E-state index contributed by atoms with van der Waals surface area (Å²) in [5, 5.41) is 6.56. The van der Waals surface area contributed by atoms with Crippen LogP contribution in [0.25, 0.3) is 0 Å². The van der Waals surface area contributed by atoms with Crippen LogP contribution in [0.5, 0.6) is 0 Å². The lowest BCUT2D eigenvalue weighted by molar-refractivity contribution is -0.122. The number of nitrogens with zero attached hydrogens (tertiary/aromatic N) is 1. The van der Waals surface area contributed by atoms with Crippen molar-refractivity contribution in [2.75, 3.05) is 16.8 Å². The van der Waals surface area contributed by atoms with Crippen LogP contribution < -0.4 is 15.5 Å². The Morgan fingerprint density at radius 3 is 2.42 bits per heavy atom. The van der Waals surface area contributed by atoms with Gasteiger partial charge in [-0.1, -0.05) is 43.0 Å². The van der Waals surface area contributed by atoms with Crippen molar-refractivity contribution < 1.29 is 14.4 Å². The molecule has 0 unspecified atom stereocenters. The van der Waals surface area contributed by atoms with Crippen LogP contribution in [0.2, 0.25) is 5.02 Å². The number of para-hydroxylation sites is 1. The summed E-state index contributed by atoms with van der Waals surface area (Å²) in [6.07, 6.45) is 5.58. The van der Waals surface area contributed by atoms with E-state index in [1.165, 1.54) is 6.42 Å². The molecule has 2 fully saturated rings. The minimum atomic E-state index is -0.488. The first kappa shape index (κ1) is 21.4. The highest BCUT2D eigenvalue weighted by molar-refractivity contribution is 6.30. The zero-order valence-corrected chi connectivity index (χ0v) is 18.0. The molecule has 2 aromatic carbocycles. The predicted octanol–water partition coefficient (Wildman–Crippen LogP) is 4.39. The summed E-state index contributed by atoms with van der Waals surface area (Å²) in [5.41, 5.74) is 1.63. The number of carbonyl (C=O) groups is 3. The molecule has 1 atom stereocenters. The smallest absolute Gasteiger partial charge is 0.253 e. The Morgan fingerprint density at radius 2 is 1.68 bits per heavy atom. The summed E-state index contributed by atoms with van der Waals surface area (Å²) in [4.78, 5) is 39.8. The highest BCUT2D eigenvalue weighted by atomic mass is 35.5. The van der Waals surface area contributed by atoms with Gasteiger partial charge in [0.15, 0.2) is 0 Å². The maximum absolute atomic E-state index is 12.9. The molecule has 31 heavy (non-hydrogen) atoms. The van der Waals surface area contributed by atoms with Crippen molar-refractivity contribution in [1.82, 2.24) is 5.32 Å². The third-order valence-electron chi connectivity index (χ3n) is 6.00. The largest absolute Gasteiger partial charge is 0.349 e. The van der Waals surface area contributed by atoms with Gasteiger partial charge in [0.2, 0.25) is 11.8 Å². The first-order valence-corrected chi connectivity index (χ1v) is 11.2. The van der Waals surface area contributed by atoms with Crippen LogP contribution in [0.15, 0.2) is 48.5 Å². The maximum atomic E-state index is 12.9. The number of rotatable bonds is 5. The second kappa shape index (κ2) is 9.52. The summed E-state index contributed by atoms with van der Waals surface area (Å²) in [6, 6.07) is 14.2. The maximum Gasteiger partial charge on any atom is 0.253 e. The summed E-state index contributed by atoms with van der Waals surface area (Å²) < 4.78 is 0. The molecule has 1 heterocycles. The molecule has 2 aliphatic rings. The van der Waals surface area contributed by atoms with Gasteiger partial charge in [-0.2, -0.15) is 0 Å². The molecule has 7 heteroatoms. The van der Waals surface area contributed by atoms with Crippen molar-refractivity contribution in [3.05, 3.63) is 59.1 Å². The fourth-order valence-corrected chi connectivity index (χ4v) is 4.41. The zero-order chi connectivity index (χ0) is 21.8. The third-order valence-corrected chi connectivity index (χ3v) is 6.26. The van der Waals surface area contributed by atoms with Gasteiger partial charge in [0.1, 0.15) is 0 Å². The molecule has 2 N–H and O–H groups in total. The normalized spacial score (nSPS) is 19.3. The number of benzene rings is 2. The van der Waals surface area contributed by atoms with E-state index in [9.17, 15) is 14.4 Å². The average Bonchev–Trinajstić information content (AvgIpc) is 3.17. The van der Waals surface area contributed by atoms with Gasteiger partial charge >= 0.3 is 0 Å². The molecule has 1 aliphatic carbocycles. The zero-order valence-electron chi connectivity index (χ0n) is 17.3. The number of hydrogen-bond acceptors (Lipinski definition) is 3. The lowest BCUT2D eigenvalue weighted by Gasteiger charge is -2.23. The van der Waals surface area contributed by atoms with E-state index in [0.29, 0.717) is 22.8 Å². The topological polar surface area (TPSA) is 78.5 Å². The number of carbonyl (C=O) groups excluding carboxylic acids is 3.